The number of rotatable bonds is 3. The van der Waals surface area contributed by atoms with Crippen molar-refractivity contribution in [3.63, 3.8) is 0 Å². The Kier molecular flexibility index (Phi) is 4.04. The minimum atomic E-state index is -3.18. The Morgan fingerprint density at radius 3 is 2.65 bits per heavy atom. The highest BCUT2D eigenvalue weighted by molar-refractivity contribution is 7.90. The van der Waals surface area contributed by atoms with E-state index in [1.807, 2.05) is 11.0 Å². The molecule has 0 aromatic heterocycles. The second kappa shape index (κ2) is 5.44. The minimum Gasteiger partial charge on any atom is -0.362 e. The highest BCUT2D eigenvalue weighted by Crippen LogP contribution is 2.29. The van der Waals surface area contributed by atoms with E-state index in [0.29, 0.717) is 11.4 Å². The SMILES string of the molecule is CN(C)C(=O)CN1CCCc2cc(S(C)(=O)=O)ccc21. The Morgan fingerprint density at radius 1 is 1.35 bits per heavy atom. The molecule has 1 amide bonds. The Bertz CT molecular complexity index is 623. The van der Waals surface area contributed by atoms with Gasteiger partial charge in [-0.2, -0.15) is 0 Å². The predicted molar refractivity (Wildman–Crippen MR) is 78.8 cm³/mol. The van der Waals surface area contributed by atoms with Gasteiger partial charge in [0.15, 0.2) is 9.84 Å². The van der Waals surface area contributed by atoms with Gasteiger partial charge in [-0.3, -0.25) is 4.79 Å². The summed E-state index contributed by atoms with van der Waals surface area (Å²) < 4.78 is 23.2. The third-order valence-corrected chi connectivity index (χ3v) is 4.63. The number of fused-ring (bicyclic) bond motifs is 1. The van der Waals surface area contributed by atoms with E-state index in [4.69, 9.17) is 0 Å². The number of carbonyl (C=O) groups excluding carboxylic acids is 1. The molecule has 0 atom stereocenters. The summed E-state index contributed by atoms with van der Waals surface area (Å²) in [4.78, 5) is 15.8. The number of aryl methyl sites for hydroxylation is 1. The second-order valence-corrected chi connectivity index (χ2v) is 7.39. The lowest BCUT2D eigenvalue weighted by molar-refractivity contribution is -0.127. The monoisotopic (exact) mass is 296 g/mol. The van der Waals surface area contributed by atoms with Gasteiger partial charge in [-0.15, -0.1) is 0 Å². The quantitative estimate of drug-likeness (QED) is 0.832. The number of hydrogen-bond donors (Lipinski definition) is 0. The normalized spacial score (nSPS) is 14.8. The van der Waals surface area contributed by atoms with E-state index in [1.165, 1.54) is 6.26 Å². The van der Waals surface area contributed by atoms with Crippen molar-refractivity contribution in [2.75, 3.05) is 38.3 Å². The maximum absolute atomic E-state index is 11.8. The highest BCUT2D eigenvalue weighted by Gasteiger charge is 2.21. The van der Waals surface area contributed by atoms with Crippen LogP contribution in [-0.4, -0.2) is 52.7 Å². The third kappa shape index (κ3) is 3.12. The molecule has 0 N–H and O–H groups in total. The van der Waals surface area contributed by atoms with Gasteiger partial charge in [0.05, 0.1) is 11.4 Å². The van der Waals surface area contributed by atoms with Crippen molar-refractivity contribution in [2.24, 2.45) is 0 Å². The summed E-state index contributed by atoms with van der Waals surface area (Å²) in [7, 11) is 0.288. The molecule has 6 heteroatoms. The number of likely N-dealkylation sites (N-methyl/N-ethyl adjacent to an activating group) is 1. The first-order valence-corrected chi connectivity index (χ1v) is 8.46. The van der Waals surface area contributed by atoms with Crippen LogP contribution in [0.5, 0.6) is 0 Å². The molecule has 0 bridgehead atoms. The molecule has 0 spiro atoms. The van der Waals surface area contributed by atoms with Crippen LogP contribution >= 0.6 is 0 Å². The molecule has 1 aliphatic heterocycles. The number of benzene rings is 1. The Labute approximate surface area is 120 Å². The molecular formula is C14H20N2O3S. The lowest BCUT2D eigenvalue weighted by atomic mass is 10.0. The van der Waals surface area contributed by atoms with Crippen molar-refractivity contribution in [1.29, 1.82) is 0 Å². The van der Waals surface area contributed by atoms with E-state index >= 15 is 0 Å². The summed E-state index contributed by atoms with van der Waals surface area (Å²) in [5.41, 5.74) is 1.98. The van der Waals surface area contributed by atoms with Gasteiger partial charge >= 0.3 is 0 Å². The molecule has 0 unspecified atom stereocenters. The Morgan fingerprint density at radius 2 is 2.05 bits per heavy atom. The largest absolute Gasteiger partial charge is 0.362 e. The molecule has 2 rings (SSSR count). The lowest BCUT2D eigenvalue weighted by Crippen LogP contribution is -2.39. The molecule has 0 fully saturated rings. The molecule has 0 saturated carbocycles. The summed E-state index contributed by atoms with van der Waals surface area (Å²) in [6.07, 6.45) is 3.00. The first-order valence-electron chi connectivity index (χ1n) is 6.57. The molecule has 110 valence electrons. The zero-order chi connectivity index (χ0) is 14.9. The molecule has 0 saturated heterocycles. The van der Waals surface area contributed by atoms with Crippen molar-refractivity contribution in [2.45, 2.75) is 17.7 Å². The fraction of sp³-hybridized carbons (Fsp3) is 0.500. The summed E-state index contributed by atoms with van der Waals surface area (Å²) in [5, 5.41) is 0. The van der Waals surface area contributed by atoms with Crippen molar-refractivity contribution in [3.05, 3.63) is 23.8 Å². The third-order valence-electron chi connectivity index (χ3n) is 3.52. The van der Waals surface area contributed by atoms with E-state index in [9.17, 15) is 13.2 Å². The topological polar surface area (TPSA) is 57.7 Å². The van der Waals surface area contributed by atoms with E-state index < -0.39 is 9.84 Å². The van der Waals surface area contributed by atoms with Crippen LogP contribution in [0.4, 0.5) is 5.69 Å². The van der Waals surface area contributed by atoms with Crippen LogP contribution in [0.15, 0.2) is 23.1 Å². The minimum absolute atomic E-state index is 0.0463. The number of carbonyl (C=O) groups is 1. The molecule has 1 aromatic rings. The van der Waals surface area contributed by atoms with E-state index in [0.717, 1.165) is 30.6 Å². The molecular weight excluding hydrogens is 276 g/mol. The van der Waals surface area contributed by atoms with Gasteiger partial charge in [-0.25, -0.2) is 8.42 Å². The number of nitrogens with zero attached hydrogens (tertiary/aromatic N) is 2. The van der Waals surface area contributed by atoms with Crippen LogP contribution in [-0.2, 0) is 21.1 Å². The maximum atomic E-state index is 11.8. The number of hydrogen-bond acceptors (Lipinski definition) is 4. The van der Waals surface area contributed by atoms with E-state index in [2.05, 4.69) is 0 Å². The van der Waals surface area contributed by atoms with Crippen molar-refractivity contribution in [1.82, 2.24) is 4.90 Å². The van der Waals surface area contributed by atoms with Crippen LogP contribution in [0.3, 0.4) is 0 Å². The van der Waals surface area contributed by atoms with Crippen LogP contribution in [0.1, 0.15) is 12.0 Å². The first-order chi connectivity index (χ1) is 9.29. The average molecular weight is 296 g/mol. The summed E-state index contributed by atoms with van der Waals surface area (Å²) in [6, 6.07) is 5.16. The Balaban J connectivity index is 2.31. The zero-order valence-electron chi connectivity index (χ0n) is 12.1. The lowest BCUT2D eigenvalue weighted by Gasteiger charge is -2.31. The fourth-order valence-electron chi connectivity index (χ4n) is 2.35. The van der Waals surface area contributed by atoms with Crippen LogP contribution in [0.2, 0.25) is 0 Å². The maximum Gasteiger partial charge on any atom is 0.241 e. The molecule has 0 radical (unpaired) electrons. The molecule has 1 aliphatic rings. The molecule has 20 heavy (non-hydrogen) atoms. The van der Waals surface area contributed by atoms with Gasteiger partial charge in [0, 0.05) is 32.6 Å². The highest BCUT2D eigenvalue weighted by atomic mass is 32.2. The molecule has 5 nitrogen and oxygen atoms in total. The number of anilines is 1. The van der Waals surface area contributed by atoms with Gasteiger partial charge in [0.2, 0.25) is 5.91 Å². The summed E-state index contributed by atoms with van der Waals surface area (Å²) in [5.74, 6) is 0.0463. The first kappa shape index (κ1) is 14.8. The van der Waals surface area contributed by atoms with Gasteiger partial charge in [0.25, 0.3) is 0 Å². The van der Waals surface area contributed by atoms with Crippen molar-refractivity contribution < 1.29 is 13.2 Å². The van der Waals surface area contributed by atoms with Gasteiger partial charge < -0.3 is 9.80 Å². The van der Waals surface area contributed by atoms with E-state index in [1.54, 1.807) is 31.1 Å². The van der Waals surface area contributed by atoms with Crippen LogP contribution in [0, 0.1) is 0 Å². The van der Waals surface area contributed by atoms with Crippen LogP contribution < -0.4 is 4.90 Å². The summed E-state index contributed by atoms with van der Waals surface area (Å²) in [6.45, 7) is 1.16. The predicted octanol–water partition coefficient (Wildman–Crippen LogP) is 0.931. The average Bonchev–Trinajstić information content (AvgIpc) is 2.37. The molecule has 0 aliphatic carbocycles. The standard InChI is InChI=1S/C14H20N2O3S/c1-15(2)14(17)10-16-8-4-5-11-9-12(20(3,18)19)6-7-13(11)16/h6-7,9H,4-5,8,10H2,1-3H3. The van der Waals surface area contributed by atoms with Gasteiger partial charge in [-0.05, 0) is 36.6 Å². The number of amides is 1. The van der Waals surface area contributed by atoms with Gasteiger partial charge in [-0.1, -0.05) is 0 Å². The Hall–Kier alpha value is -1.56. The van der Waals surface area contributed by atoms with Crippen molar-refractivity contribution >= 4 is 21.4 Å². The van der Waals surface area contributed by atoms with Crippen molar-refractivity contribution in [3.8, 4) is 0 Å². The molecule has 1 heterocycles. The number of sulfone groups is 1. The van der Waals surface area contributed by atoms with Crippen LogP contribution in [0.25, 0.3) is 0 Å². The second-order valence-electron chi connectivity index (χ2n) is 5.38. The molecule has 1 aromatic carbocycles. The smallest absolute Gasteiger partial charge is 0.241 e. The zero-order valence-corrected chi connectivity index (χ0v) is 12.9. The van der Waals surface area contributed by atoms with Gasteiger partial charge in [0.1, 0.15) is 0 Å². The fourth-order valence-corrected chi connectivity index (χ4v) is 3.02. The van der Waals surface area contributed by atoms with E-state index in [-0.39, 0.29) is 5.91 Å². The summed E-state index contributed by atoms with van der Waals surface area (Å²) >= 11 is 0.